The average Bonchev–Trinajstić information content (AvgIpc) is 2.74. The molecule has 1 aliphatic carbocycles. The number of hydrogen-bond donors (Lipinski definition) is 1. The maximum Gasteiger partial charge on any atom is 0.307 e. The van der Waals surface area contributed by atoms with E-state index in [-0.39, 0.29) is 11.8 Å². The van der Waals surface area contributed by atoms with Crippen molar-refractivity contribution in [2.75, 3.05) is 0 Å². The van der Waals surface area contributed by atoms with E-state index in [1.165, 1.54) is 0 Å². The van der Waals surface area contributed by atoms with Crippen LogP contribution in [0.3, 0.4) is 0 Å². The Morgan fingerprint density at radius 2 is 2.38 bits per heavy atom. The zero-order chi connectivity index (χ0) is 9.26. The highest BCUT2D eigenvalue weighted by molar-refractivity contribution is 5.71. The summed E-state index contributed by atoms with van der Waals surface area (Å²) in [6.45, 7) is 0. The second-order valence-corrected chi connectivity index (χ2v) is 3.50. The number of rotatable bonds is 2. The Hall–Kier alpha value is -1.25. The van der Waals surface area contributed by atoms with Crippen molar-refractivity contribution in [3.8, 4) is 0 Å². The molecule has 3 nitrogen and oxygen atoms in total. The van der Waals surface area contributed by atoms with Crippen molar-refractivity contribution in [1.82, 2.24) is 0 Å². The fraction of sp³-hybridized carbons (Fsp3) is 0.500. The average molecular weight is 180 g/mol. The molecule has 0 aliphatic heterocycles. The molecule has 0 spiro atoms. The molecule has 1 saturated carbocycles. The summed E-state index contributed by atoms with van der Waals surface area (Å²) in [5.41, 5.74) is 0. The lowest BCUT2D eigenvalue weighted by Crippen LogP contribution is -2.16. The van der Waals surface area contributed by atoms with Gasteiger partial charge in [0.2, 0.25) is 0 Å². The first-order valence-electron chi connectivity index (χ1n) is 4.55. The Labute approximate surface area is 76.4 Å². The van der Waals surface area contributed by atoms with Crippen LogP contribution in [0, 0.1) is 5.92 Å². The van der Waals surface area contributed by atoms with Gasteiger partial charge in [0.25, 0.3) is 0 Å². The standard InChI is InChI=1S/C10H12O3/c11-10(12)8-4-1-3-7(8)9-5-2-6-13-9/h2,5-8H,1,3-4H2,(H,11,12). The zero-order valence-corrected chi connectivity index (χ0v) is 7.27. The van der Waals surface area contributed by atoms with Gasteiger partial charge in [-0.3, -0.25) is 4.79 Å². The van der Waals surface area contributed by atoms with Crippen LogP contribution in [-0.2, 0) is 4.79 Å². The summed E-state index contributed by atoms with van der Waals surface area (Å²) in [6, 6.07) is 3.68. The summed E-state index contributed by atoms with van der Waals surface area (Å²) >= 11 is 0. The van der Waals surface area contributed by atoms with E-state index in [1.54, 1.807) is 6.26 Å². The van der Waals surface area contributed by atoms with Crippen molar-refractivity contribution in [3.05, 3.63) is 24.2 Å². The number of hydrogen-bond acceptors (Lipinski definition) is 2. The maximum atomic E-state index is 10.9. The lowest BCUT2D eigenvalue weighted by atomic mass is 9.94. The molecule has 1 aromatic rings. The fourth-order valence-corrected chi connectivity index (χ4v) is 2.10. The highest BCUT2D eigenvalue weighted by Gasteiger charge is 2.35. The molecule has 13 heavy (non-hydrogen) atoms. The summed E-state index contributed by atoms with van der Waals surface area (Å²) < 4.78 is 5.23. The van der Waals surface area contributed by atoms with Gasteiger partial charge in [0.1, 0.15) is 5.76 Å². The van der Waals surface area contributed by atoms with Crippen LogP contribution in [0.15, 0.2) is 22.8 Å². The van der Waals surface area contributed by atoms with Crippen LogP contribution >= 0.6 is 0 Å². The van der Waals surface area contributed by atoms with Gasteiger partial charge >= 0.3 is 5.97 Å². The molecule has 0 radical (unpaired) electrons. The van der Waals surface area contributed by atoms with E-state index < -0.39 is 5.97 Å². The molecule has 0 bridgehead atoms. The normalized spacial score (nSPS) is 27.7. The van der Waals surface area contributed by atoms with E-state index in [9.17, 15) is 4.79 Å². The Bertz CT molecular complexity index is 289. The van der Waals surface area contributed by atoms with Gasteiger partial charge in [0.15, 0.2) is 0 Å². The Morgan fingerprint density at radius 3 is 3.00 bits per heavy atom. The van der Waals surface area contributed by atoms with Gasteiger partial charge in [-0.2, -0.15) is 0 Å². The molecular formula is C10H12O3. The summed E-state index contributed by atoms with van der Waals surface area (Å²) in [5.74, 6) is -0.0255. The van der Waals surface area contributed by atoms with E-state index in [4.69, 9.17) is 9.52 Å². The van der Waals surface area contributed by atoms with Gasteiger partial charge in [-0.15, -0.1) is 0 Å². The van der Waals surface area contributed by atoms with E-state index in [0.29, 0.717) is 0 Å². The molecule has 1 N–H and O–H groups in total. The second-order valence-electron chi connectivity index (χ2n) is 3.50. The van der Waals surface area contributed by atoms with E-state index in [1.807, 2.05) is 12.1 Å². The number of aliphatic carboxylic acids is 1. The number of carbonyl (C=O) groups is 1. The predicted octanol–water partition coefficient (Wildman–Crippen LogP) is 2.25. The third kappa shape index (κ3) is 1.46. The maximum absolute atomic E-state index is 10.9. The van der Waals surface area contributed by atoms with Gasteiger partial charge < -0.3 is 9.52 Å². The van der Waals surface area contributed by atoms with E-state index in [2.05, 4.69) is 0 Å². The minimum Gasteiger partial charge on any atom is -0.481 e. The van der Waals surface area contributed by atoms with Crippen LogP contribution in [0.4, 0.5) is 0 Å². The first-order valence-corrected chi connectivity index (χ1v) is 4.55. The van der Waals surface area contributed by atoms with Crippen molar-refractivity contribution in [2.45, 2.75) is 25.2 Å². The van der Waals surface area contributed by atoms with Crippen LogP contribution in [0.5, 0.6) is 0 Å². The minimum absolute atomic E-state index is 0.0903. The highest BCUT2D eigenvalue weighted by atomic mass is 16.4. The van der Waals surface area contributed by atoms with Crippen LogP contribution < -0.4 is 0 Å². The van der Waals surface area contributed by atoms with E-state index >= 15 is 0 Å². The molecule has 1 aromatic heterocycles. The summed E-state index contributed by atoms with van der Waals surface area (Å²) in [4.78, 5) is 10.9. The smallest absolute Gasteiger partial charge is 0.307 e. The molecule has 2 atom stereocenters. The third-order valence-corrected chi connectivity index (χ3v) is 2.74. The molecule has 3 heteroatoms. The minimum atomic E-state index is -0.695. The van der Waals surface area contributed by atoms with Crippen LogP contribution in [0.1, 0.15) is 30.9 Å². The molecule has 1 heterocycles. The molecule has 70 valence electrons. The van der Waals surface area contributed by atoms with Crippen molar-refractivity contribution < 1.29 is 14.3 Å². The van der Waals surface area contributed by atoms with Gasteiger partial charge in [0.05, 0.1) is 12.2 Å². The van der Waals surface area contributed by atoms with Crippen LogP contribution in [0.25, 0.3) is 0 Å². The molecule has 2 rings (SSSR count). The monoisotopic (exact) mass is 180 g/mol. The molecule has 2 unspecified atom stereocenters. The van der Waals surface area contributed by atoms with Crippen LogP contribution in [-0.4, -0.2) is 11.1 Å². The van der Waals surface area contributed by atoms with Crippen molar-refractivity contribution in [1.29, 1.82) is 0 Å². The molecule has 1 aliphatic rings. The Balaban J connectivity index is 2.19. The summed E-state index contributed by atoms with van der Waals surface area (Å²) in [6.07, 6.45) is 4.31. The van der Waals surface area contributed by atoms with Crippen LogP contribution in [0.2, 0.25) is 0 Å². The largest absolute Gasteiger partial charge is 0.481 e. The molecule has 0 saturated heterocycles. The molecule has 0 amide bonds. The number of furan rings is 1. The lowest BCUT2D eigenvalue weighted by Gasteiger charge is -2.12. The van der Waals surface area contributed by atoms with Gasteiger partial charge in [0, 0.05) is 5.92 Å². The lowest BCUT2D eigenvalue weighted by molar-refractivity contribution is -0.142. The number of carboxylic acid groups (broad SMARTS) is 1. The molecule has 1 fully saturated rings. The summed E-state index contributed by atoms with van der Waals surface area (Å²) in [7, 11) is 0. The molecule has 0 aromatic carbocycles. The van der Waals surface area contributed by atoms with Crippen molar-refractivity contribution in [2.24, 2.45) is 5.92 Å². The Kier molecular flexibility index (Phi) is 2.08. The van der Waals surface area contributed by atoms with Gasteiger partial charge in [-0.05, 0) is 25.0 Å². The highest BCUT2D eigenvalue weighted by Crippen LogP contribution is 2.39. The topological polar surface area (TPSA) is 50.4 Å². The first kappa shape index (κ1) is 8.35. The van der Waals surface area contributed by atoms with Crippen molar-refractivity contribution in [3.63, 3.8) is 0 Å². The second kappa shape index (κ2) is 3.24. The fourth-order valence-electron chi connectivity index (χ4n) is 2.10. The van der Waals surface area contributed by atoms with Gasteiger partial charge in [-0.25, -0.2) is 0 Å². The quantitative estimate of drug-likeness (QED) is 0.759. The zero-order valence-electron chi connectivity index (χ0n) is 7.27. The third-order valence-electron chi connectivity index (χ3n) is 2.74. The number of carboxylic acids is 1. The first-order chi connectivity index (χ1) is 6.29. The van der Waals surface area contributed by atoms with Gasteiger partial charge in [-0.1, -0.05) is 6.42 Å². The molecular weight excluding hydrogens is 168 g/mol. The van der Waals surface area contributed by atoms with E-state index in [0.717, 1.165) is 25.0 Å². The Morgan fingerprint density at radius 1 is 1.54 bits per heavy atom. The van der Waals surface area contributed by atoms with Crippen molar-refractivity contribution >= 4 is 5.97 Å². The SMILES string of the molecule is O=C(O)C1CCCC1c1ccco1. The predicted molar refractivity (Wildman–Crippen MR) is 46.4 cm³/mol. The summed E-state index contributed by atoms with van der Waals surface area (Å²) in [5, 5.41) is 8.94.